The normalized spacial score (nSPS) is 8.53. The molecule has 0 spiro atoms. The van der Waals surface area contributed by atoms with Crippen LogP contribution >= 0.6 is 31.9 Å². The SMILES string of the molecule is F.Nc1ccc(Br)cc1.O=CNc1ccc(Br)cc1.[3HH]. The number of hydrogen-bond acceptors (Lipinski definition) is 2. The molecule has 0 aliphatic heterocycles. The summed E-state index contributed by atoms with van der Waals surface area (Å²) in [5.74, 6) is 0. The Balaban J connectivity index is 0. The van der Waals surface area contributed by atoms with E-state index in [4.69, 9.17) is 5.73 Å². The molecule has 6 heteroatoms. The van der Waals surface area contributed by atoms with Crippen LogP contribution in [0.1, 0.15) is 1.43 Å². The van der Waals surface area contributed by atoms with Crippen molar-refractivity contribution in [3.63, 3.8) is 0 Å². The molecule has 2 aromatic carbocycles. The zero-order valence-electron chi connectivity index (χ0n) is 9.85. The molecular weight excluding hydrogens is 379 g/mol. The average Bonchev–Trinajstić information content (AvgIpc) is 2.37. The van der Waals surface area contributed by atoms with Gasteiger partial charge >= 0.3 is 0 Å². The molecule has 0 radical (unpaired) electrons. The third-order valence-corrected chi connectivity index (χ3v) is 3.00. The van der Waals surface area contributed by atoms with Crippen LogP contribution in [0.5, 0.6) is 0 Å². The minimum atomic E-state index is 0. The van der Waals surface area contributed by atoms with Gasteiger partial charge in [0.05, 0.1) is 0 Å². The fraction of sp³-hybridized carbons (Fsp3) is 0. The van der Waals surface area contributed by atoms with E-state index in [-0.39, 0.29) is 6.13 Å². The summed E-state index contributed by atoms with van der Waals surface area (Å²) in [7, 11) is 0. The molecule has 0 aliphatic carbocycles. The Labute approximate surface area is 129 Å². The van der Waals surface area contributed by atoms with E-state index >= 15 is 0 Å². The standard InChI is InChI=1S/C7H6BrNO.C6H6BrN.FH.H2/c8-6-1-3-7(4-2-6)9-5-10;7-5-1-3-6(8)4-2-5;;/h1-5H,(H,9,10);1-4H,8H2;2*1H/i;;;1+2. The monoisotopic (exact) mass is 394 g/mol. The molecule has 3 N–H and O–H groups in total. The lowest BCUT2D eigenvalue weighted by molar-refractivity contribution is -0.105. The molecule has 3 nitrogen and oxygen atoms in total. The van der Waals surface area contributed by atoms with Crippen LogP contribution in [0.3, 0.4) is 0 Å². The number of rotatable bonds is 2. The highest BCUT2D eigenvalue weighted by molar-refractivity contribution is 9.10. The summed E-state index contributed by atoms with van der Waals surface area (Å²) >= 11 is 6.57. The first kappa shape index (κ1) is 17.6. The molecular formula is C13H15Br2FN2O. The van der Waals surface area contributed by atoms with E-state index in [9.17, 15) is 4.79 Å². The van der Waals surface area contributed by atoms with Gasteiger partial charge in [-0.3, -0.25) is 9.50 Å². The van der Waals surface area contributed by atoms with Crippen molar-refractivity contribution in [2.75, 3.05) is 11.1 Å². The Morgan fingerprint density at radius 1 is 0.947 bits per heavy atom. The maximum Gasteiger partial charge on any atom is 0.211 e. The van der Waals surface area contributed by atoms with E-state index in [0.717, 1.165) is 20.3 Å². The van der Waals surface area contributed by atoms with Crippen molar-refractivity contribution >= 4 is 49.6 Å². The number of nitrogens with two attached hydrogens (primary N) is 1. The third kappa shape index (κ3) is 7.58. The molecule has 1 amide bonds. The Morgan fingerprint density at radius 2 is 1.37 bits per heavy atom. The van der Waals surface area contributed by atoms with Gasteiger partial charge in [0.2, 0.25) is 6.41 Å². The first-order valence-corrected chi connectivity index (χ1v) is 6.67. The number of anilines is 2. The fourth-order valence-corrected chi connectivity index (χ4v) is 1.61. The highest BCUT2D eigenvalue weighted by Crippen LogP contribution is 2.13. The van der Waals surface area contributed by atoms with Gasteiger partial charge in [-0.15, -0.1) is 0 Å². The summed E-state index contributed by atoms with van der Waals surface area (Å²) in [6.07, 6.45) is 0.656. The minimum absolute atomic E-state index is 0. The summed E-state index contributed by atoms with van der Waals surface area (Å²) in [5.41, 5.74) is 7.01. The average molecular weight is 396 g/mol. The molecule has 0 saturated heterocycles. The lowest BCUT2D eigenvalue weighted by Crippen LogP contribution is -1.91. The molecule has 0 aromatic heterocycles. The summed E-state index contributed by atoms with van der Waals surface area (Å²) in [5, 5.41) is 2.53. The van der Waals surface area contributed by atoms with Crippen LogP contribution in [0.4, 0.5) is 16.1 Å². The maximum atomic E-state index is 9.94. The quantitative estimate of drug-likeness (QED) is 0.583. The summed E-state index contributed by atoms with van der Waals surface area (Å²) in [4.78, 5) is 9.94. The number of nitrogens with one attached hydrogen (secondary N) is 1. The number of nitrogen functional groups attached to an aromatic ring is 1. The summed E-state index contributed by atoms with van der Waals surface area (Å²) in [6, 6.07) is 14.9. The van der Waals surface area contributed by atoms with Crippen molar-refractivity contribution in [3.05, 3.63) is 57.5 Å². The molecule has 0 fully saturated rings. The second-order valence-electron chi connectivity index (χ2n) is 3.32. The van der Waals surface area contributed by atoms with Gasteiger partial charge in [-0.2, -0.15) is 0 Å². The van der Waals surface area contributed by atoms with Crippen molar-refractivity contribution in [2.45, 2.75) is 0 Å². The highest BCUT2D eigenvalue weighted by Gasteiger charge is 1.87. The van der Waals surface area contributed by atoms with Crippen molar-refractivity contribution in [1.82, 2.24) is 0 Å². The van der Waals surface area contributed by atoms with Crippen LogP contribution in [0.2, 0.25) is 0 Å². The van der Waals surface area contributed by atoms with E-state index in [0.29, 0.717) is 6.41 Å². The van der Waals surface area contributed by atoms with Crippen LogP contribution in [0, 0.1) is 0 Å². The largest absolute Gasteiger partial charge is 0.399 e. The maximum absolute atomic E-state index is 9.94. The van der Waals surface area contributed by atoms with Crippen LogP contribution in [-0.4, -0.2) is 6.41 Å². The van der Waals surface area contributed by atoms with Gasteiger partial charge < -0.3 is 11.1 Å². The van der Waals surface area contributed by atoms with Gasteiger partial charge in [-0.25, -0.2) is 0 Å². The van der Waals surface area contributed by atoms with Crippen LogP contribution in [0.15, 0.2) is 57.5 Å². The first-order chi connectivity index (χ1) is 8.61. The third-order valence-electron chi connectivity index (χ3n) is 1.94. The highest BCUT2D eigenvalue weighted by atomic mass is 79.9. The predicted molar refractivity (Wildman–Crippen MR) is 87.0 cm³/mol. The molecule has 104 valence electrons. The number of benzene rings is 2. The van der Waals surface area contributed by atoms with Crippen molar-refractivity contribution in [3.8, 4) is 0 Å². The molecule has 0 heterocycles. The van der Waals surface area contributed by atoms with E-state index in [1.165, 1.54) is 0 Å². The Kier molecular flexibility index (Phi) is 8.82. The van der Waals surface area contributed by atoms with Gasteiger partial charge in [-0.05, 0) is 48.5 Å². The van der Waals surface area contributed by atoms with Crippen LogP contribution < -0.4 is 11.1 Å². The Hall–Kier alpha value is -1.40. The van der Waals surface area contributed by atoms with Gasteiger partial charge in [0.15, 0.2) is 0 Å². The molecule has 0 bridgehead atoms. The molecule has 2 aromatic rings. The fourth-order valence-electron chi connectivity index (χ4n) is 1.08. The summed E-state index contributed by atoms with van der Waals surface area (Å²) in [6.45, 7) is 0. The van der Waals surface area contributed by atoms with Gasteiger partial charge in [0.1, 0.15) is 0 Å². The lowest BCUT2D eigenvalue weighted by Gasteiger charge is -1.95. The molecule has 0 saturated carbocycles. The smallest absolute Gasteiger partial charge is 0.211 e. The zero-order valence-corrected chi connectivity index (χ0v) is 13.0. The molecule has 2 rings (SSSR count). The van der Waals surface area contributed by atoms with E-state index in [1.807, 2.05) is 48.5 Å². The van der Waals surface area contributed by atoms with Gasteiger partial charge in [0, 0.05) is 21.7 Å². The number of carbonyl (C=O) groups excluding carboxylic acids is 1. The van der Waals surface area contributed by atoms with E-state index < -0.39 is 0 Å². The summed E-state index contributed by atoms with van der Waals surface area (Å²) < 4.78 is 2.07. The second-order valence-corrected chi connectivity index (χ2v) is 5.15. The van der Waals surface area contributed by atoms with E-state index in [1.54, 1.807) is 0 Å². The van der Waals surface area contributed by atoms with Crippen LogP contribution in [-0.2, 0) is 4.79 Å². The molecule has 19 heavy (non-hydrogen) atoms. The number of carbonyl (C=O) groups is 1. The molecule has 0 aliphatic rings. The van der Waals surface area contributed by atoms with Crippen molar-refractivity contribution in [2.24, 2.45) is 0 Å². The zero-order chi connectivity index (χ0) is 13.4. The minimum Gasteiger partial charge on any atom is -0.399 e. The Bertz CT molecular complexity index is 474. The molecule has 0 atom stereocenters. The number of hydrogen-bond donors (Lipinski definition) is 2. The number of halogens is 3. The van der Waals surface area contributed by atoms with Gasteiger partial charge in [-0.1, -0.05) is 31.9 Å². The molecule has 0 unspecified atom stereocenters. The predicted octanol–water partition coefficient (Wildman–Crippen LogP) is 4.45. The van der Waals surface area contributed by atoms with Crippen LogP contribution in [0.25, 0.3) is 0 Å². The Morgan fingerprint density at radius 3 is 1.74 bits per heavy atom. The first-order valence-electron chi connectivity index (χ1n) is 5.08. The number of amides is 1. The van der Waals surface area contributed by atoms with Gasteiger partial charge in [0.25, 0.3) is 0 Å². The topological polar surface area (TPSA) is 55.1 Å². The lowest BCUT2D eigenvalue weighted by atomic mass is 10.3. The second kappa shape index (κ2) is 9.52. The van der Waals surface area contributed by atoms with E-state index in [2.05, 4.69) is 37.2 Å². The van der Waals surface area contributed by atoms with Crippen molar-refractivity contribution in [1.29, 1.82) is 0 Å². The van der Waals surface area contributed by atoms with Crippen molar-refractivity contribution < 1.29 is 10.9 Å².